The van der Waals surface area contributed by atoms with Crippen molar-refractivity contribution in [2.45, 2.75) is 24.9 Å². The smallest absolute Gasteiger partial charge is 0.224 e. The molecule has 1 aromatic heterocycles. The number of piperazine rings is 1. The highest BCUT2D eigenvalue weighted by Crippen LogP contribution is 2.25. The number of anilines is 1. The molecule has 0 spiro atoms. The van der Waals surface area contributed by atoms with E-state index in [4.69, 9.17) is 11.6 Å². The Morgan fingerprint density at radius 2 is 2.06 bits per heavy atom. The molecule has 1 N–H and O–H groups in total. The van der Waals surface area contributed by atoms with Crippen LogP contribution in [0.3, 0.4) is 0 Å². The van der Waals surface area contributed by atoms with Gasteiger partial charge in [0.25, 0.3) is 0 Å². The molecule has 6 heteroatoms. The first-order chi connectivity index (χ1) is 7.72. The Bertz CT molecular complexity index is 402. The van der Waals surface area contributed by atoms with Gasteiger partial charge in [-0.1, -0.05) is 0 Å². The van der Waals surface area contributed by atoms with Crippen molar-refractivity contribution >= 4 is 17.4 Å². The molecule has 0 aliphatic carbocycles. The third-order valence-corrected chi connectivity index (χ3v) is 3.39. The average molecular weight is 243 g/mol. The molecule has 2 bridgehead atoms. The Labute approximate surface area is 97.8 Å². The standard InChI is InChI=1S/C10H12ClFN4/c11-10-13-3-8(12)9(15-10)16-4-6-1-2-7(5-16)14-6/h3,6-7,14H,1-2,4-5H2. The van der Waals surface area contributed by atoms with Crippen LogP contribution in [0, 0.1) is 5.82 Å². The predicted octanol–water partition coefficient (Wildman–Crippen LogP) is 1.21. The topological polar surface area (TPSA) is 41.1 Å². The van der Waals surface area contributed by atoms with Crippen LogP contribution in [0.25, 0.3) is 0 Å². The lowest BCUT2D eigenvalue weighted by Gasteiger charge is -2.33. The Hall–Kier alpha value is -0.940. The molecule has 2 unspecified atom stereocenters. The molecule has 2 atom stereocenters. The zero-order valence-electron chi connectivity index (χ0n) is 8.66. The lowest BCUT2D eigenvalue weighted by atomic mass is 10.2. The maximum atomic E-state index is 13.6. The maximum absolute atomic E-state index is 13.6. The van der Waals surface area contributed by atoms with E-state index in [1.54, 1.807) is 0 Å². The zero-order valence-corrected chi connectivity index (χ0v) is 9.41. The Morgan fingerprint density at radius 3 is 2.75 bits per heavy atom. The van der Waals surface area contributed by atoms with Crippen LogP contribution in [0.5, 0.6) is 0 Å². The summed E-state index contributed by atoms with van der Waals surface area (Å²) in [4.78, 5) is 9.56. The first-order valence-electron chi connectivity index (χ1n) is 5.41. The van der Waals surface area contributed by atoms with Gasteiger partial charge >= 0.3 is 0 Å². The van der Waals surface area contributed by atoms with Crippen molar-refractivity contribution < 1.29 is 4.39 Å². The Balaban J connectivity index is 1.89. The largest absolute Gasteiger partial charge is 0.351 e. The van der Waals surface area contributed by atoms with Crippen LogP contribution < -0.4 is 10.2 Å². The quantitative estimate of drug-likeness (QED) is 0.752. The fourth-order valence-corrected chi connectivity index (χ4v) is 2.66. The lowest BCUT2D eigenvalue weighted by Crippen LogP contribution is -2.51. The number of rotatable bonds is 1. The van der Waals surface area contributed by atoms with Gasteiger partial charge in [-0.3, -0.25) is 0 Å². The van der Waals surface area contributed by atoms with E-state index in [1.807, 2.05) is 4.90 Å². The van der Waals surface area contributed by atoms with Gasteiger partial charge in [-0.25, -0.2) is 9.37 Å². The fourth-order valence-electron chi connectivity index (χ4n) is 2.53. The van der Waals surface area contributed by atoms with E-state index in [9.17, 15) is 4.39 Å². The van der Waals surface area contributed by atoms with E-state index < -0.39 is 5.82 Å². The lowest BCUT2D eigenvalue weighted by molar-refractivity contribution is 0.456. The van der Waals surface area contributed by atoms with Crippen LogP contribution in [0.1, 0.15) is 12.8 Å². The average Bonchev–Trinajstić information content (AvgIpc) is 2.61. The maximum Gasteiger partial charge on any atom is 0.224 e. The normalized spacial score (nSPS) is 28.5. The monoisotopic (exact) mass is 242 g/mol. The van der Waals surface area contributed by atoms with Crippen molar-refractivity contribution in [1.82, 2.24) is 15.3 Å². The summed E-state index contributed by atoms with van der Waals surface area (Å²) < 4.78 is 13.6. The van der Waals surface area contributed by atoms with Crippen LogP contribution >= 0.6 is 11.6 Å². The minimum absolute atomic E-state index is 0.0993. The van der Waals surface area contributed by atoms with Gasteiger partial charge in [-0.15, -0.1) is 0 Å². The minimum atomic E-state index is -0.398. The van der Waals surface area contributed by atoms with Crippen LogP contribution in [-0.4, -0.2) is 35.1 Å². The second kappa shape index (κ2) is 3.82. The molecule has 4 nitrogen and oxygen atoms in total. The Morgan fingerprint density at radius 1 is 1.38 bits per heavy atom. The summed E-state index contributed by atoms with van der Waals surface area (Å²) in [5, 5.41) is 3.58. The molecule has 0 amide bonds. The molecule has 0 radical (unpaired) electrons. The van der Waals surface area contributed by atoms with Crippen LogP contribution in [0.4, 0.5) is 10.2 Å². The Kier molecular flexibility index (Phi) is 2.44. The zero-order chi connectivity index (χ0) is 11.1. The number of halogens is 2. The van der Waals surface area contributed by atoms with Crippen LogP contribution in [0.2, 0.25) is 5.28 Å². The van der Waals surface area contributed by atoms with Gasteiger partial charge < -0.3 is 10.2 Å². The van der Waals surface area contributed by atoms with Crippen molar-refractivity contribution in [1.29, 1.82) is 0 Å². The summed E-state index contributed by atoms with van der Waals surface area (Å²) in [6, 6.07) is 0.902. The molecule has 3 heterocycles. The molecular weight excluding hydrogens is 231 g/mol. The molecule has 2 aliphatic rings. The van der Waals surface area contributed by atoms with E-state index in [-0.39, 0.29) is 5.28 Å². The van der Waals surface area contributed by atoms with Gasteiger partial charge in [0, 0.05) is 25.2 Å². The van der Waals surface area contributed by atoms with E-state index in [0.29, 0.717) is 17.9 Å². The van der Waals surface area contributed by atoms with Crippen molar-refractivity contribution in [2.75, 3.05) is 18.0 Å². The van der Waals surface area contributed by atoms with Crippen LogP contribution in [0.15, 0.2) is 6.20 Å². The number of hydrogen-bond donors (Lipinski definition) is 1. The van der Waals surface area contributed by atoms with Gasteiger partial charge in [-0.2, -0.15) is 4.98 Å². The summed E-state index contributed by atoms with van der Waals surface area (Å²) in [6.07, 6.45) is 3.44. The van der Waals surface area contributed by atoms with Crippen molar-refractivity contribution in [3.63, 3.8) is 0 Å². The fraction of sp³-hybridized carbons (Fsp3) is 0.600. The van der Waals surface area contributed by atoms with Gasteiger partial charge in [0.15, 0.2) is 11.6 Å². The molecule has 86 valence electrons. The molecule has 1 aromatic rings. The summed E-state index contributed by atoms with van der Waals surface area (Å²) in [5.74, 6) is -0.0656. The second-order valence-corrected chi connectivity index (χ2v) is 4.69. The summed E-state index contributed by atoms with van der Waals surface area (Å²) in [6.45, 7) is 1.58. The first-order valence-corrected chi connectivity index (χ1v) is 5.79. The van der Waals surface area contributed by atoms with Crippen molar-refractivity contribution in [2.24, 2.45) is 0 Å². The third kappa shape index (κ3) is 1.74. The summed E-state index contributed by atoms with van der Waals surface area (Å²) in [7, 11) is 0. The molecule has 2 aliphatic heterocycles. The van der Waals surface area contributed by atoms with Crippen molar-refractivity contribution in [3.8, 4) is 0 Å². The molecule has 0 saturated carbocycles. The SMILES string of the molecule is Fc1cnc(Cl)nc1N1CC2CCC(C1)N2. The summed E-state index contributed by atoms with van der Waals surface area (Å²) in [5.41, 5.74) is 0. The van der Waals surface area contributed by atoms with E-state index >= 15 is 0 Å². The molecule has 3 rings (SSSR count). The first kappa shape index (κ1) is 10.2. The molecule has 2 fully saturated rings. The van der Waals surface area contributed by atoms with E-state index in [1.165, 1.54) is 0 Å². The summed E-state index contributed by atoms with van der Waals surface area (Å²) >= 11 is 5.69. The van der Waals surface area contributed by atoms with Gasteiger partial charge in [0.2, 0.25) is 5.28 Å². The molecule has 0 aromatic carbocycles. The highest BCUT2D eigenvalue weighted by Gasteiger charge is 2.33. The second-order valence-electron chi connectivity index (χ2n) is 4.35. The van der Waals surface area contributed by atoms with E-state index in [2.05, 4.69) is 15.3 Å². The van der Waals surface area contributed by atoms with Gasteiger partial charge in [0.1, 0.15) is 0 Å². The molecular formula is C10H12ClFN4. The highest BCUT2D eigenvalue weighted by atomic mass is 35.5. The number of nitrogens with zero attached hydrogens (tertiary/aromatic N) is 3. The molecule has 16 heavy (non-hydrogen) atoms. The predicted molar refractivity (Wildman–Crippen MR) is 59.2 cm³/mol. The third-order valence-electron chi connectivity index (χ3n) is 3.21. The van der Waals surface area contributed by atoms with Gasteiger partial charge in [-0.05, 0) is 24.4 Å². The van der Waals surface area contributed by atoms with Gasteiger partial charge in [0.05, 0.1) is 6.20 Å². The number of nitrogens with one attached hydrogen (secondary N) is 1. The number of aromatic nitrogens is 2. The molecule has 2 saturated heterocycles. The highest BCUT2D eigenvalue weighted by molar-refractivity contribution is 6.28. The number of hydrogen-bond acceptors (Lipinski definition) is 4. The number of fused-ring (bicyclic) bond motifs is 2. The van der Waals surface area contributed by atoms with E-state index in [0.717, 1.165) is 32.1 Å². The minimum Gasteiger partial charge on any atom is -0.351 e. The van der Waals surface area contributed by atoms with Crippen LogP contribution in [-0.2, 0) is 0 Å². The van der Waals surface area contributed by atoms with Crippen molar-refractivity contribution in [3.05, 3.63) is 17.3 Å².